The Kier molecular flexibility index (Phi) is 5.19. The third-order valence-electron chi connectivity index (χ3n) is 3.32. The molecular weight excluding hydrogens is 248 g/mol. The zero-order valence-electron chi connectivity index (χ0n) is 12.2. The van der Waals surface area contributed by atoms with Gasteiger partial charge in [-0.1, -0.05) is 55.3 Å². The number of rotatable bonds is 6. The van der Waals surface area contributed by atoms with Gasteiger partial charge in [0, 0.05) is 0 Å². The van der Waals surface area contributed by atoms with E-state index in [0.717, 1.165) is 41.9 Å². The van der Waals surface area contributed by atoms with E-state index >= 15 is 0 Å². The lowest BCUT2D eigenvalue weighted by Crippen LogP contribution is -2.01. The van der Waals surface area contributed by atoms with Crippen LogP contribution in [0.3, 0.4) is 0 Å². The summed E-state index contributed by atoms with van der Waals surface area (Å²) in [5, 5.41) is 10.4. The van der Waals surface area contributed by atoms with Crippen LogP contribution in [0.2, 0.25) is 0 Å². The normalized spacial score (nSPS) is 12.2. The van der Waals surface area contributed by atoms with Gasteiger partial charge in [0.1, 0.15) is 11.9 Å². The highest BCUT2D eigenvalue weighted by molar-refractivity contribution is 5.35. The van der Waals surface area contributed by atoms with Gasteiger partial charge < -0.3 is 9.84 Å². The molecule has 0 aliphatic rings. The highest BCUT2D eigenvalue weighted by atomic mass is 16.5. The molecule has 2 aromatic carbocycles. The maximum Gasteiger partial charge on any atom is 0.119 e. The first kappa shape index (κ1) is 14.6. The maximum atomic E-state index is 10.4. The average molecular weight is 270 g/mol. The Morgan fingerprint density at radius 1 is 1.05 bits per heavy atom. The molecule has 0 radical (unpaired) electrons. The Bertz CT molecular complexity index is 531. The Hall–Kier alpha value is -1.80. The molecule has 2 aromatic rings. The molecule has 0 aromatic heterocycles. The quantitative estimate of drug-likeness (QED) is 0.795. The standard InChI is InChI=1S/C18H22O2/c1-3-4-12-20-17-10-8-15(9-11-17)18(19)16-7-5-6-14(2)13-16/h5-11,13,18-19H,3-4,12H2,1-2H3. The fourth-order valence-electron chi connectivity index (χ4n) is 2.11. The number of hydrogen-bond acceptors (Lipinski definition) is 2. The smallest absolute Gasteiger partial charge is 0.119 e. The SMILES string of the molecule is CCCCOc1ccc(C(O)c2cccc(C)c2)cc1. The van der Waals surface area contributed by atoms with E-state index in [1.54, 1.807) is 0 Å². The molecule has 2 heteroatoms. The fourth-order valence-corrected chi connectivity index (χ4v) is 2.11. The maximum absolute atomic E-state index is 10.4. The highest BCUT2D eigenvalue weighted by Crippen LogP contribution is 2.24. The van der Waals surface area contributed by atoms with Gasteiger partial charge in [-0.05, 0) is 36.6 Å². The number of hydrogen-bond donors (Lipinski definition) is 1. The number of benzene rings is 2. The summed E-state index contributed by atoms with van der Waals surface area (Å²) in [6, 6.07) is 15.6. The molecule has 0 aliphatic heterocycles. The van der Waals surface area contributed by atoms with Crippen LogP contribution in [0.1, 0.15) is 42.6 Å². The minimum Gasteiger partial charge on any atom is -0.494 e. The minimum absolute atomic E-state index is 0.584. The summed E-state index contributed by atoms with van der Waals surface area (Å²) in [4.78, 5) is 0. The Morgan fingerprint density at radius 3 is 2.45 bits per heavy atom. The predicted octanol–water partition coefficient (Wildman–Crippen LogP) is 4.26. The summed E-state index contributed by atoms with van der Waals surface area (Å²) >= 11 is 0. The topological polar surface area (TPSA) is 29.5 Å². The third-order valence-corrected chi connectivity index (χ3v) is 3.32. The first-order chi connectivity index (χ1) is 9.70. The molecule has 0 saturated heterocycles. The van der Waals surface area contributed by atoms with Crippen molar-refractivity contribution in [3.05, 3.63) is 65.2 Å². The highest BCUT2D eigenvalue weighted by Gasteiger charge is 2.10. The number of aliphatic hydroxyl groups excluding tert-OH is 1. The average Bonchev–Trinajstić information content (AvgIpc) is 2.47. The summed E-state index contributed by atoms with van der Waals surface area (Å²) in [5.41, 5.74) is 2.96. The third kappa shape index (κ3) is 3.84. The van der Waals surface area contributed by atoms with Crippen molar-refractivity contribution in [2.45, 2.75) is 32.8 Å². The molecule has 0 amide bonds. The van der Waals surface area contributed by atoms with E-state index in [1.807, 2.05) is 55.5 Å². The summed E-state index contributed by atoms with van der Waals surface area (Å²) in [6.45, 7) is 4.92. The molecule has 0 aliphatic carbocycles. The second-order valence-electron chi connectivity index (χ2n) is 5.09. The van der Waals surface area contributed by atoms with Gasteiger partial charge in [0.25, 0.3) is 0 Å². The van der Waals surface area contributed by atoms with E-state index in [-0.39, 0.29) is 0 Å². The Balaban J connectivity index is 2.05. The van der Waals surface area contributed by atoms with Gasteiger partial charge in [-0.3, -0.25) is 0 Å². The molecule has 0 bridgehead atoms. The number of unbranched alkanes of at least 4 members (excludes halogenated alkanes) is 1. The lowest BCUT2D eigenvalue weighted by atomic mass is 10.00. The molecule has 2 nitrogen and oxygen atoms in total. The zero-order valence-corrected chi connectivity index (χ0v) is 12.2. The largest absolute Gasteiger partial charge is 0.494 e. The van der Waals surface area contributed by atoms with E-state index in [0.29, 0.717) is 0 Å². The number of aryl methyl sites for hydroxylation is 1. The van der Waals surface area contributed by atoms with E-state index in [2.05, 4.69) is 6.92 Å². The van der Waals surface area contributed by atoms with Crippen molar-refractivity contribution in [3.8, 4) is 5.75 Å². The lowest BCUT2D eigenvalue weighted by molar-refractivity contribution is 0.220. The Labute approximate surface area is 121 Å². The number of aliphatic hydroxyl groups is 1. The van der Waals surface area contributed by atoms with Crippen LogP contribution >= 0.6 is 0 Å². The second-order valence-corrected chi connectivity index (χ2v) is 5.09. The van der Waals surface area contributed by atoms with Crippen LogP contribution in [0.25, 0.3) is 0 Å². The van der Waals surface area contributed by atoms with Gasteiger partial charge in [-0.15, -0.1) is 0 Å². The molecule has 1 N–H and O–H groups in total. The van der Waals surface area contributed by atoms with E-state index in [4.69, 9.17) is 4.74 Å². The lowest BCUT2D eigenvalue weighted by Gasteiger charge is -2.13. The van der Waals surface area contributed by atoms with E-state index in [9.17, 15) is 5.11 Å². The monoisotopic (exact) mass is 270 g/mol. The van der Waals surface area contributed by atoms with Crippen LogP contribution in [-0.2, 0) is 0 Å². The minimum atomic E-state index is -0.584. The van der Waals surface area contributed by atoms with Gasteiger partial charge in [-0.25, -0.2) is 0 Å². The van der Waals surface area contributed by atoms with Crippen LogP contribution in [0, 0.1) is 6.92 Å². The van der Waals surface area contributed by atoms with Crippen molar-refractivity contribution in [3.63, 3.8) is 0 Å². The van der Waals surface area contributed by atoms with Crippen LogP contribution in [0.5, 0.6) is 5.75 Å². The van der Waals surface area contributed by atoms with Crippen molar-refractivity contribution in [1.29, 1.82) is 0 Å². The van der Waals surface area contributed by atoms with Gasteiger partial charge in [0.15, 0.2) is 0 Å². The molecule has 0 saturated carbocycles. The molecule has 20 heavy (non-hydrogen) atoms. The number of ether oxygens (including phenoxy) is 1. The molecule has 106 valence electrons. The first-order valence-electron chi connectivity index (χ1n) is 7.18. The summed E-state index contributed by atoms with van der Waals surface area (Å²) in [7, 11) is 0. The molecule has 0 heterocycles. The van der Waals surface area contributed by atoms with Crippen LogP contribution in [0.15, 0.2) is 48.5 Å². The van der Waals surface area contributed by atoms with Gasteiger partial charge >= 0.3 is 0 Å². The van der Waals surface area contributed by atoms with Crippen molar-refractivity contribution < 1.29 is 9.84 Å². The molecule has 2 rings (SSSR count). The molecular formula is C18H22O2. The molecule has 1 unspecified atom stereocenters. The van der Waals surface area contributed by atoms with Crippen LogP contribution in [-0.4, -0.2) is 11.7 Å². The van der Waals surface area contributed by atoms with Gasteiger partial charge in [0.05, 0.1) is 6.61 Å². The summed E-state index contributed by atoms with van der Waals surface area (Å²) in [6.07, 6.45) is 1.61. The van der Waals surface area contributed by atoms with Crippen molar-refractivity contribution in [2.24, 2.45) is 0 Å². The van der Waals surface area contributed by atoms with Crippen molar-refractivity contribution >= 4 is 0 Å². The van der Waals surface area contributed by atoms with Crippen molar-refractivity contribution in [2.75, 3.05) is 6.61 Å². The van der Waals surface area contributed by atoms with Gasteiger partial charge in [-0.2, -0.15) is 0 Å². The summed E-state index contributed by atoms with van der Waals surface area (Å²) in [5.74, 6) is 0.860. The molecule has 0 spiro atoms. The predicted molar refractivity (Wildman–Crippen MR) is 82.1 cm³/mol. The summed E-state index contributed by atoms with van der Waals surface area (Å²) < 4.78 is 5.62. The second kappa shape index (κ2) is 7.11. The first-order valence-corrected chi connectivity index (χ1v) is 7.18. The van der Waals surface area contributed by atoms with Gasteiger partial charge in [0.2, 0.25) is 0 Å². The van der Waals surface area contributed by atoms with Crippen LogP contribution < -0.4 is 4.74 Å². The Morgan fingerprint density at radius 2 is 1.80 bits per heavy atom. The van der Waals surface area contributed by atoms with Crippen molar-refractivity contribution in [1.82, 2.24) is 0 Å². The van der Waals surface area contributed by atoms with E-state index in [1.165, 1.54) is 0 Å². The fraction of sp³-hybridized carbons (Fsp3) is 0.333. The zero-order chi connectivity index (χ0) is 14.4. The van der Waals surface area contributed by atoms with Crippen LogP contribution in [0.4, 0.5) is 0 Å². The molecule has 1 atom stereocenters. The molecule has 0 fully saturated rings. The van der Waals surface area contributed by atoms with E-state index < -0.39 is 6.10 Å².